The molecule has 0 bridgehead atoms. The SMILES string of the molecule is Cc1cn(-c2ccccc2C(F)(F)F)c(=O)[nH]1. The number of alkyl halides is 3. The van der Waals surface area contributed by atoms with Gasteiger partial charge in [0.05, 0.1) is 11.3 Å². The number of aryl methyl sites for hydroxylation is 1. The van der Waals surface area contributed by atoms with Gasteiger partial charge in [0, 0.05) is 11.9 Å². The van der Waals surface area contributed by atoms with Crippen molar-refractivity contribution < 1.29 is 13.2 Å². The molecule has 0 saturated carbocycles. The van der Waals surface area contributed by atoms with Gasteiger partial charge in [-0.25, -0.2) is 4.79 Å². The number of imidazole rings is 1. The molecule has 0 radical (unpaired) electrons. The van der Waals surface area contributed by atoms with E-state index in [9.17, 15) is 18.0 Å². The lowest BCUT2D eigenvalue weighted by Gasteiger charge is -2.12. The summed E-state index contributed by atoms with van der Waals surface area (Å²) in [6, 6.07) is 4.96. The Kier molecular flexibility index (Phi) is 2.57. The predicted octanol–water partition coefficient (Wildman–Crippen LogP) is 2.49. The number of nitrogens with zero attached hydrogens (tertiary/aromatic N) is 1. The topological polar surface area (TPSA) is 37.8 Å². The number of H-pyrrole nitrogens is 1. The lowest BCUT2D eigenvalue weighted by molar-refractivity contribution is -0.137. The van der Waals surface area contributed by atoms with Crippen LogP contribution in [0.1, 0.15) is 11.3 Å². The average molecular weight is 242 g/mol. The largest absolute Gasteiger partial charge is 0.418 e. The zero-order valence-electron chi connectivity index (χ0n) is 8.88. The van der Waals surface area contributed by atoms with Crippen LogP contribution in [-0.4, -0.2) is 9.55 Å². The van der Waals surface area contributed by atoms with Crippen LogP contribution >= 0.6 is 0 Å². The van der Waals surface area contributed by atoms with E-state index in [0.717, 1.165) is 10.6 Å². The molecule has 90 valence electrons. The van der Waals surface area contributed by atoms with E-state index in [1.807, 2.05) is 0 Å². The fourth-order valence-electron chi connectivity index (χ4n) is 1.62. The quantitative estimate of drug-likeness (QED) is 0.819. The summed E-state index contributed by atoms with van der Waals surface area (Å²) in [7, 11) is 0. The van der Waals surface area contributed by atoms with Gasteiger partial charge in [-0.05, 0) is 19.1 Å². The van der Waals surface area contributed by atoms with E-state index in [1.54, 1.807) is 6.92 Å². The maximum Gasteiger partial charge on any atom is 0.418 e. The fourth-order valence-corrected chi connectivity index (χ4v) is 1.62. The van der Waals surface area contributed by atoms with Crippen molar-refractivity contribution in [3.63, 3.8) is 0 Å². The van der Waals surface area contributed by atoms with Gasteiger partial charge in [0.2, 0.25) is 0 Å². The molecule has 0 unspecified atom stereocenters. The molecule has 0 spiro atoms. The molecule has 0 aliphatic carbocycles. The fraction of sp³-hybridized carbons (Fsp3) is 0.182. The zero-order valence-corrected chi connectivity index (χ0v) is 8.88. The summed E-state index contributed by atoms with van der Waals surface area (Å²) >= 11 is 0. The van der Waals surface area contributed by atoms with Crippen molar-refractivity contribution in [1.82, 2.24) is 9.55 Å². The van der Waals surface area contributed by atoms with Crippen molar-refractivity contribution >= 4 is 0 Å². The van der Waals surface area contributed by atoms with Gasteiger partial charge in [0.1, 0.15) is 0 Å². The second-order valence-corrected chi connectivity index (χ2v) is 3.63. The van der Waals surface area contributed by atoms with E-state index < -0.39 is 17.4 Å². The molecule has 1 N–H and O–H groups in total. The van der Waals surface area contributed by atoms with Crippen LogP contribution in [0.4, 0.5) is 13.2 Å². The standard InChI is InChI=1S/C11H9F3N2O/c1-7-6-16(10(17)15-7)9-5-3-2-4-8(9)11(12,13)14/h2-6H,1H3,(H,15,17). The molecule has 0 aliphatic rings. The van der Waals surface area contributed by atoms with Crippen LogP contribution in [-0.2, 0) is 6.18 Å². The molecule has 3 nitrogen and oxygen atoms in total. The van der Waals surface area contributed by atoms with Gasteiger partial charge in [0.15, 0.2) is 0 Å². The van der Waals surface area contributed by atoms with E-state index >= 15 is 0 Å². The summed E-state index contributed by atoms with van der Waals surface area (Å²) in [4.78, 5) is 13.9. The lowest BCUT2D eigenvalue weighted by Crippen LogP contribution is -2.18. The average Bonchev–Trinajstić information content (AvgIpc) is 2.56. The van der Waals surface area contributed by atoms with Crippen molar-refractivity contribution in [2.75, 3.05) is 0 Å². The minimum absolute atomic E-state index is 0.172. The van der Waals surface area contributed by atoms with Gasteiger partial charge >= 0.3 is 11.9 Å². The first-order chi connectivity index (χ1) is 7.89. The molecule has 1 aromatic heterocycles. The number of hydrogen-bond donors (Lipinski definition) is 1. The first kappa shape index (κ1) is 11.5. The van der Waals surface area contributed by atoms with Gasteiger partial charge in [-0.2, -0.15) is 13.2 Å². The summed E-state index contributed by atoms with van der Waals surface area (Å²) in [5, 5.41) is 0. The lowest BCUT2D eigenvalue weighted by atomic mass is 10.1. The Morgan fingerprint density at radius 2 is 1.88 bits per heavy atom. The van der Waals surface area contributed by atoms with Gasteiger partial charge < -0.3 is 4.98 Å². The van der Waals surface area contributed by atoms with Gasteiger partial charge in [0.25, 0.3) is 0 Å². The van der Waals surface area contributed by atoms with E-state index in [2.05, 4.69) is 4.98 Å². The minimum Gasteiger partial charge on any atom is -0.310 e. The molecule has 1 heterocycles. The number of hydrogen-bond acceptors (Lipinski definition) is 1. The number of aromatic amines is 1. The Hall–Kier alpha value is -1.98. The van der Waals surface area contributed by atoms with Crippen LogP contribution in [0.2, 0.25) is 0 Å². The van der Waals surface area contributed by atoms with Crippen LogP contribution in [0.15, 0.2) is 35.3 Å². The molecule has 2 rings (SSSR count). The van der Waals surface area contributed by atoms with E-state index in [-0.39, 0.29) is 5.69 Å². The molecule has 0 fully saturated rings. The summed E-state index contributed by atoms with van der Waals surface area (Å²) in [5.74, 6) is 0. The highest BCUT2D eigenvalue weighted by atomic mass is 19.4. The van der Waals surface area contributed by atoms with Crippen molar-refractivity contribution in [2.45, 2.75) is 13.1 Å². The Bertz CT molecular complexity index is 595. The molecular weight excluding hydrogens is 233 g/mol. The van der Waals surface area contributed by atoms with Gasteiger partial charge in [-0.1, -0.05) is 12.1 Å². The van der Waals surface area contributed by atoms with Crippen molar-refractivity contribution in [3.05, 3.63) is 52.2 Å². The molecule has 0 amide bonds. The van der Waals surface area contributed by atoms with Crippen LogP contribution < -0.4 is 5.69 Å². The first-order valence-corrected chi connectivity index (χ1v) is 4.84. The number of benzene rings is 1. The van der Waals surface area contributed by atoms with Crippen molar-refractivity contribution in [2.24, 2.45) is 0 Å². The van der Waals surface area contributed by atoms with Crippen LogP contribution in [0.3, 0.4) is 0 Å². The van der Waals surface area contributed by atoms with Crippen LogP contribution in [0.5, 0.6) is 0 Å². The maximum atomic E-state index is 12.7. The first-order valence-electron chi connectivity index (χ1n) is 4.84. The highest BCUT2D eigenvalue weighted by Gasteiger charge is 2.33. The zero-order chi connectivity index (χ0) is 12.6. The molecule has 6 heteroatoms. The molecule has 0 saturated heterocycles. The number of aromatic nitrogens is 2. The highest BCUT2D eigenvalue weighted by Crippen LogP contribution is 2.33. The smallest absolute Gasteiger partial charge is 0.310 e. The van der Waals surface area contributed by atoms with E-state index in [4.69, 9.17) is 0 Å². The third-order valence-electron chi connectivity index (χ3n) is 2.31. The Morgan fingerprint density at radius 3 is 2.41 bits per heavy atom. The van der Waals surface area contributed by atoms with E-state index in [1.165, 1.54) is 24.4 Å². The molecule has 17 heavy (non-hydrogen) atoms. The van der Waals surface area contributed by atoms with E-state index in [0.29, 0.717) is 5.69 Å². The Labute approximate surface area is 94.5 Å². The maximum absolute atomic E-state index is 12.7. The van der Waals surface area contributed by atoms with Crippen LogP contribution in [0, 0.1) is 6.92 Å². The summed E-state index contributed by atoms with van der Waals surface area (Å²) < 4.78 is 39.2. The molecule has 0 atom stereocenters. The number of rotatable bonds is 1. The Balaban J connectivity index is 2.68. The number of nitrogens with one attached hydrogen (secondary N) is 1. The molecular formula is C11H9F3N2O. The normalized spacial score (nSPS) is 11.8. The third-order valence-corrected chi connectivity index (χ3v) is 2.31. The van der Waals surface area contributed by atoms with Crippen molar-refractivity contribution in [3.8, 4) is 5.69 Å². The summed E-state index contributed by atoms with van der Waals surface area (Å²) in [5.41, 5.74) is -1.08. The molecule has 2 aromatic rings. The number of halogens is 3. The third kappa shape index (κ3) is 2.11. The highest BCUT2D eigenvalue weighted by molar-refractivity contribution is 5.43. The monoisotopic (exact) mass is 242 g/mol. The van der Waals surface area contributed by atoms with Gasteiger partial charge in [-0.3, -0.25) is 4.57 Å². The minimum atomic E-state index is -4.48. The number of para-hydroxylation sites is 1. The van der Waals surface area contributed by atoms with Crippen LogP contribution in [0.25, 0.3) is 5.69 Å². The second kappa shape index (κ2) is 3.80. The summed E-state index contributed by atoms with van der Waals surface area (Å²) in [6.45, 7) is 1.61. The van der Waals surface area contributed by atoms with Crippen molar-refractivity contribution in [1.29, 1.82) is 0 Å². The van der Waals surface area contributed by atoms with Gasteiger partial charge in [-0.15, -0.1) is 0 Å². The predicted molar refractivity (Wildman–Crippen MR) is 56.1 cm³/mol. The second-order valence-electron chi connectivity index (χ2n) is 3.63. The summed E-state index contributed by atoms with van der Waals surface area (Å²) in [6.07, 6.45) is -3.14. The molecule has 1 aromatic carbocycles. The molecule has 0 aliphatic heterocycles. The Morgan fingerprint density at radius 1 is 1.24 bits per heavy atom.